The molecule has 0 radical (unpaired) electrons. The summed E-state index contributed by atoms with van der Waals surface area (Å²) in [6, 6.07) is 38.3. The second-order valence-electron chi connectivity index (χ2n) is 8.66. The van der Waals surface area contributed by atoms with Crippen molar-refractivity contribution < 1.29 is 0 Å². The van der Waals surface area contributed by atoms with Crippen LogP contribution in [0.15, 0.2) is 103 Å². The molecule has 0 fully saturated rings. The third-order valence-electron chi connectivity index (χ3n) is 6.83. The maximum Gasteiger partial charge on any atom is -0.00201 e. The lowest BCUT2D eigenvalue weighted by Crippen LogP contribution is -1.89. The first-order chi connectivity index (χ1) is 15.3. The van der Waals surface area contributed by atoms with Gasteiger partial charge in [-0.3, -0.25) is 0 Å². The van der Waals surface area contributed by atoms with Crippen molar-refractivity contribution in [2.45, 2.75) is 6.92 Å². The minimum Gasteiger partial charge on any atom is -0.0610 e. The summed E-state index contributed by atoms with van der Waals surface area (Å²) in [6.07, 6.45) is 0. The smallest absolute Gasteiger partial charge is 0.00201 e. The van der Waals surface area contributed by atoms with E-state index in [1.54, 1.807) is 0 Å². The van der Waals surface area contributed by atoms with E-state index in [9.17, 15) is 0 Å². The summed E-state index contributed by atoms with van der Waals surface area (Å²) in [5.41, 5.74) is 3.88. The highest BCUT2D eigenvalue weighted by atomic mass is 14.2. The van der Waals surface area contributed by atoms with Crippen molar-refractivity contribution in [1.82, 2.24) is 0 Å². The van der Waals surface area contributed by atoms with Gasteiger partial charge in [-0.15, -0.1) is 0 Å². The Hall–Kier alpha value is -3.90. The van der Waals surface area contributed by atoms with Crippen molar-refractivity contribution in [2.24, 2.45) is 0 Å². The first-order valence-electron chi connectivity index (χ1n) is 10.9. The van der Waals surface area contributed by atoms with Gasteiger partial charge in [0.05, 0.1) is 0 Å². The lowest BCUT2D eigenvalue weighted by atomic mass is 9.87. The molecule has 0 heterocycles. The van der Waals surface area contributed by atoms with Gasteiger partial charge in [-0.2, -0.15) is 0 Å². The first kappa shape index (κ1) is 16.8. The highest BCUT2D eigenvalue weighted by Crippen LogP contribution is 2.43. The van der Waals surface area contributed by atoms with E-state index in [-0.39, 0.29) is 0 Å². The molecular weight excluding hydrogens is 372 g/mol. The lowest BCUT2D eigenvalue weighted by Gasteiger charge is -2.16. The summed E-state index contributed by atoms with van der Waals surface area (Å²) >= 11 is 0. The van der Waals surface area contributed by atoms with Gasteiger partial charge in [-0.1, -0.05) is 103 Å². The summed E-state index contributed by atoms with van der Waals surface area (Å²) in [5, 5.41) is 13.3. The number of hydrogen-bond donors (Lipinski definition) is 0. The van der Waals surface area contributed by atoms with Crippen LogP contribution in [0.2, 0.25) is 0 Å². The SMILES string of the molecule is Cc1ccc2cc(-c3ccc4c5cccc6cccc(c7cccc3c74)c65)ccc2c1. The van der Waals surface area contributed by atoms with Crippen LogP contribution in [0.1, 0.15) is 5.56 Å². The van der Waals surface area contributed by atoms with Crippen molar-refractivity contribution in [3.05, 3.63) is 109 Å². The van der Waals surface area contributed by atoms with Crippen LogP contribution in [0, 0.1) is 6.92 Å². The van der Waals surface area contributed by atoms with E-state index in [1.807, 2.05) is 0 Å². The van der Waals surface area contributed by atoms with Gasteiger partial charge in [0.25, 0.3) is 0 Å². The molecule has 0 aliphatic carbocycles. The summed E-state index contributed by atoms with van der Waals surface area (Å²) in [7, 11) is 0. The lowest BCUT2D eigenvalue weighted by molar-refractivity contribution is 1.51. The highest BCUT2D eigenvalue weighted by molar-refractivity contribution is 6.34. The fourth-order valence-electron chi connectivity index (χ4n) is 5.43. The molecule has 0 N–H and O–H groups in total. The average molecular weight is 393 g/mol. The topological polar surface area (TPSA) is 0 Å². The zero-order valence-electron chi connectivity index (χ0n) is 17.3. The molecule has 0 bridgehead atoms. The van der Waals surface area contributed by atoms with Crippen LogP contribution < -0.4 is 0 Å². The van der Waals surface area contributed by atoms with Gasteiger partial charge in [0.1, 0.15) is 0 Å². The molecule has 0 aliphatic rings. The van der Waals surface area contributed by atoms with Gasteiger partial charge in [0.2, 0.25) is 0 Å². The van der Waals surface area contributed by atoms with Crippen molar-refractivity contribution in [3.8, 4) is 11.1 Å². The van der Waals surface area contributed by atoms with E-state index >= 15 is 0 Å². The first-order valence-corrected chi connectivity index (χ1v) is 10.9. The van der Waals surface area contributed by atoms with Gasteiger partial charge in [0, 0.05) is 0 Å². The minimum atomic E-state index is 1.28. The zero-order valence-corrected chi connectivity index (χ0v) is 17.3. The Kier molecular flexibility index (Phi) is 3.29. The summed E-state index contributed by atoms with van der Waals surface area (Å²) in [6.45, 7) is 2.15. The number of aryl methyl sites for hydroxylation is 1. The Bertz CT molecular complexity index is 1740. The molecule has 0 unspecified atom stereocenters. The number of hydrogen-bond acceptors (Lipinski definition) is 0. The Morgan fingerprint density at radius 1 is 0.419 bits per heavy atom. The molecule has 0 atom stereocenters. The third kappa shape index (κ3) is 2.30. The van der Waals surface area contributed by atoms with Crippen LogP contribution >= 0.6 is 0 Å². The van der Waals surface area contributed by atoms with Crippen LogP contribution in [-0.2, 0) is 0 Å². The summed E-state index contributed by atoms with van der Waals surface area (Å²) in [4.78, 5) is 0. The van der Waals surface area contributed by atoms with Crippen LogP contribution in [0.3, 0.4) is 0 Å². The normalized spacial score (nSPS) is 12.0. The molecule has 0 saturated heterocycles. The quantitative estimate of drug-likeness (QED) is 0.193. The molecule has 0 spiro atoms. The Morgan fingerprint density at radius 2 is 1.03 bits per heavy atom. The number of fused-ring (bicyclic) bond motifs is 3. The third-order valence-corrected chi connectivity index (χ3v) is 6.83. The van der Waals surface area contributed by atoms with Gasteiger partial charge in [-0.05, 0) is 78.0 Å². The van der Waals surface area contributed by atoms with E-state index in [2.05, 4.69) is 110 Å². The second-order valence-corrected chi connectivity index (χ2v) is 8.66. The van der Waals surface area contributed by atoms with Crippen molar-refractivity contribution >= 4 is 53.9 Å². The predicted molar refractivity (Wildman–Crippen MR) is 135 cm³/mol. The molecule has 0 aliphatic heterocycles. The van der Waals surface area contributed by atoms with Crippen molar-refractivity contribution in [2.75, 3.05) is 0 Å². The second kappa shape index (κ2) is 6.06. The molecule has 0 aromatic heterocycles. The standard InChI is InChI=1S/C31H20/c1-19-11-12-22-18-23(14-13-21(22)17-19)24-15-16-29-27-8-3-6-20-5-2-7-26(30(20)27)28-10-4-9-25(24)31(28)29/h2-18H,1H3. The monoisotopic (exact) mass is 392 g/mol. The molecule has 7 aromatic rings. The fraction of sp³-hybridized carbons (Fsp3) is 0.0323. The summed E-state index contributed by atoms with van der Waals surface area (Å²) < 4.78 is 0. The molecule has 0 amide bonds. The van der Waals surface area contributed by atoms with E-state index in [4.69, 9.17) is 0 Å². The van der Waals surface area contributed by atoms with Crippen LogP contribution in [0.5, 0.6) is 0 Å². The highest BCUT2D eigenvalue weighted by Gasteiger charge is 2.15. The van der Waals surface area contributed by atoms with E-state index < -0.39 is 0 Å². The van der Waals surface area contributed by atoms with Gasteiger partial charge in [0.15, 0.2) is 0 Å². The van der Waals surface area contributed by atoms with Crippen LogP contribution in [0.4, 0.5) is 0 Å². The minimum absolute atomic E-state index is 1.28. The average Bonchev–Trinajstić information content (AvgIpc) is 2.82. The van der Waals surface area contributed by atoms with Crippen LogP contribution in [-0.4, -0.2) is 0 Å². The van der Waals surface area contributed by atoms with Gasteiger partial charge in [-0.25, -0.2) is 0 Å². The number of benzene rings is 7. The van der Waals surface area contributed by atoms with Crippen LogP contribution in [0.25, 0.3) is 65.0 Å². The molecule has 144 valence electrons. The van der Waals surface area contributed by atoms with E-state index in [0.29, 0.717) is 0 Å². The molecule has 31 heavy (non-hydrogen) atoms. The fourth-order valence-corrected chi connectivity index (χ4v) is 5.43. The molecule has 0 heteroatoms. The zero-order chi connectivity index (χ0) is 20.5. The van der Waals surface area contributed by atoms with E-state index in [1.165, 1.54) is 70.6 Å². The van der Waals surface area contributed by atoms with Gasteiger partial charge < -0.3 is 0 Å². The molecule has 7 aromatic carbocycles. The van der Waals surface area contributed by atoms with Crippen molar-refractivity contribution in [1.29, 1.82) is 0 Å². The predicted octanol–water partition coefficient (Wildman–Crippen LogP) is 8.87. The molecule has 7 rings (SSSR count). The summed E-state index contributed by atoms with van der Waals surface area (Å²) in [5.74, 6) is 0. The Morgan fingerprint density at radius 3 is 1.84 bits per heavy atom. The molecular formula is C31H20. The van der Waals surface area contributed by atoms with Crippen molar-refractivity contribution in [3.63, 3.8) is 0 Å². The maximum absolute atomic E-state index is 2.33. The Balaban J connectivity index is 1.63. The molecule has 0 saturated carbocycles. The Labute approximate surface area is 180 Å². The molecule has 0 nitrogen and oxygen atoms in total. The number of rotatable bonds is 1. The van der Waals surface area contributed by atoms with Gasteiger partial charge >= 0.3 is 0 Å². The largest absolute Gasteiger partial charge is 0.0610 e. The van der Waals surface area contributed by atoms with E-state index in [0.717, 1.165) is 0 Å². The maximum atomic E-state index is 2.33.